The van der Waals surface area contributed by atoms with Gasteiger partial charge in [-0.05, 0) is 68.5 Å². The number of imide groups is 1. The summed E-state index contributed by atoms with van der Waals surface area (Å²) in [6.45, 7) is 3.52. The second-order valence-corrected chi connectivity index (χ2v) is 7.92. The van der Waals surface area contributed by atoms with Gasteiger partial charge in [-0.1, -0.05) is 23.8 Å². The molecule has 1 saturated heterocycles. The van der Waals surface area contributed by atoms with E-state index in [2.05, 4.69) is 10.6 Å². The van der Waals surface area contributed by atoms with Crippen LogP contribution < -0.4 is 15.4 Å². The number of anilines is 1. The molecule has 0 unspecified atom stereocenters. The van der Waals surface area contributed by atoms with Crippen molar-refractivity contribution < 1.29 is 19.1 Å². The highest BCUT2D eigenvalue weighted by molar-refractivity contribution is 6.11. The molecule has 1 spiro atoms. The lowest BCUT2D eigenvalue weighted by molar-refractivity contribution is -0.137. The van der Waals surface area contributed by atoms with Crippen molar-refractivity contribution in [3.8, 4) is 5.75 Å². The van der Waals surface area contributed by atoms with Gasteiger partial charge < -0.3 is 15.4 Å². The van der Waals surface area contributed by atoms with Gasteiger partial charge in [0.15, 0.2) is 0 Å². The molecule has 7 nitrogen and oxygen atoms in total. The van der Waals surface area contributed by atoms with E-state index >= 15 is 0 Å². The van der Waals surface area contributed by atoms with Crippen LogP contribution in [0.25, 0.3) is 0 Å². The molecule has 2 atom stereocenters. The predicted octanol–water partition coefficient (Wildman–Crippen LogP) is 3.11. The maximum atomic E-state index is 13.5. The second-order valence-electron chi connectivity index (χ2n) is 7.92. The number of hydrogen-bond donors (Lipinski definition) is 2. The molecule has 1 aliphatic heterocycles. The van der Waals surface area contributed by atoms with Gasteiger partial charge in [0.2, 0.25) is 5.91 Å². The van der Waals surface area contributed by atoms with Crippen LogP contribution in [0.15, 0.2) is 42.5 Å². The van der Waals surface area contributed by atoms with Crippen molar-refractivity contribution in [2.24, 2.45) is 0 Å². The van der Waals surface area contributed by atoms with Crippen molar-refractivity contribution in [3.05, 3.63) is 59.2 Å². The molecule has 2 aromatic rings. The Bertz CT molecular complexity index is 1020. The number of amides is 4. The highest BCUT2D eigenvalue weighted by Crippen LogP contribution is 2.41. The number of carbonyl (C=O) groups is 3. The van der Waals surface area contributed by atoms with Crippen LogP contribution in [-0.2, 0) is 21.5 Å². The van der Waals surface area contributed by atoms with Crippen LogP contribution in [0.5, 0.6) is 5.75 Å². The van der Waals surface area contributed by atoms with Crippen molar-refractivity contribution in [1.82, 2.24) is 10.2 Å². The van der Waals surface area contributed by atoms with Crippen molar-refractivity contribution in [3.63, 3.8) is 0 Å². The quantitative estimate of drug-likeness (QED) is 0.763. The minimum atomic E-state index is -1.13. The van der Waals surface area contributed by atoms with E-state index < -0.39 is 23.5 Å². The molecule has 0 radical (unpaired) electrons. The zero-order valence-corrected chi connectivity index (χ0v) is 17.3. The van der Waals surface area contributed by atoms with E-state index in [4.69, 9.17) is 4.74 Å². The summed E-state index contributed by atoms with van der Waals surface area (Å²) in [7, 11) is 1.60. The molecule has 0 aromatic heterocycles. The Balaban J connectivity index is 1.60. The Morgan fingerprint density at radius 3 is 2.63 bits per heavy atom. The standard InChI is InChI=1S/C23H25N3O4/c1-14-6-8-17(9-7-14)24-20(27)15(2)26-21(28)23(25-22(26)29)12-4-5-16-13-18(30-3)10-11-19(16)23/h6-11,13,15H,4-5,12H2,1-3H3,(H,24,27)(H,25,29)/t15-,23-/m1/s1. The maximum absolute atomic E-state index is 13.5. The Kier molecular flexibility index (Phi) is 4.97. The second kappa shape index (κ2) is 7.48. The number of hydrogen-bond acceptors (Lipinski definition) is 4. The molecule has 1 aliphatic carbocycles. The molecule has 1 fully saturated rings. The van der Waals surface area contributed by atoms with Gasteiger partial charge >= 0.3 is 6.03 Å². The summed E-state index contributed by atoms with van der Waals surface area (Å²) in [4.78, 5) is 40.1. The average Bonchev–Trinajstić information content (AvgIpc) is 2.98. The lowest BCUT2D eigenvalue weighted by atomic mass is 9.76. The average molecular weight is 407 g/mol. The number of ether oxygens (including phenoxy) is 1. The number of aryl methyl sites for hydroxylation is 2. The summed E-state index contributed by atoms with van der Waals surface area (Å²) in [5.74, 6) is -0.0828. The molecular weight excluding hydrogens is 382 g/mol. The molecule has 0 saturated carbocycles. The molecule has 30 heavy (non-hydrogen) atoms. The largest absolute Gasteiger partial charge is 0.497 e. The van der Waals surface area contributed by atoms with Crippen LogP contribution >= 0.6 is 0 Å². The molecule has 4 rings (SSSR count). The number of fused-ring (bicyclic) bond motifs is 2. The third-order valence-electron chi connectivity index (χ3n) is 5.98. The fraction of sp³-hybridized carbons (Fsp3) is 0.348. The van der Waals surface area contributed by atoms with E-state index in [1.54, 1.807) is 32.2 Å². The van der Waals surface area contributed by atoms with Crippen LogP contribution in [0.3, 0.4) is 0 Å². The Morgan fingerprint density at radius 2 is 1.93 bits per heavy atom. The first-order chi connectivity index (χ1) is 14.4. The summed E-state index contributed by atoms with van der Waals surface area (Å²) >= 11 is 0. The number of urea groups is 1. The smallest absolute Gasteiger partial charge is 0.326 e. The van der Waals surface area contributed by atoms with Gasteiger partial charge in [0.25, 0.3) is 5.91 Å². The minimum absolute atomic E-state index is 0.384. The van der Waals surface area contributed by atoms with E-state index in [9.17, 15) is 14.4 Å². The van der Waals surface area contributed by atoms with Gasteiger partial charge in [0, 0.05) is 5.69 Å². The van der Waals surface area contributed by atoms with Crippen molar-refractivity contribution in [2.45, 2.75) is 44.7 Å². The third kappa shape index (κ3) is 3.20. The number of carbonyl (C=O) groups excluding carboxylic acids is 3. The SMILES string of the molecule is COc1ccc2c(c1)CCC[C@@]21NC(=O)N([C@H](C)C(=O)Nc2ccc(C)cc2)C1=O. The van der Waals surface area contributed by atoms with Crippen LogP contribution in [0.2, 0.25) is 0 Å². The zero-order valence-electron chi connectivity index (χ0n) is 17.3. The van der Waals surface area contributed by atoms with Crippen molar-refractivity contribution in [1.29, 1.82) is 0 Å². The van der Waals surface area contributed by atoms with Gasteiger partial charge in [-0.25, -0.2) is 9.69 Å². The summed E-state index contributed by atoms with van der Waals surface area (Å²) < 4.78 is 5.30. The first-order valence-electron chi connectivity index (χ1n) is 10.1. The number of rotatable bonds is 4. The maximum Gasteiger partial charge on any atom is 0.326 e. The summed E-state index contributed by atoms with van der Waals surface area (Å²) in [5.41, 5.74) is 2.32. The monoisotopic (exact) mass is 407 g/mol. The van der Waals surface area contributed by atoms with Gasteiger partial charge in [-0.3, -0.25) is 9.59 Å². The minimum Gasteiger partial charge on any atom is -0.497 e. The Labute approximate surface area is 175 Å². The lowest BCUT2D eigenvalue weighted by Gasteiger charge is -2.34. The van der Waals surface area contributed by atoms with Gasteiger partial charge in [0.1, 0.15) is 17.3 Å². The van der Waals surface area contributed by atoms with Gasteiger partial charge in [-0.2, -0.15) is 0 Å². The number of methoxy groups -OCH3 is 1. The predicted molar refractivity (Wildman–Crippen MR) is 112 cm³/mol. The van der Waals surface area contributed by atoms with Crippen LogP contribution in [0.4, 0.5) is 10.5 Å². The van der Waals surface area contributed by atoms with Crippen LogP contribution in [0.1, 0.15) is 36.5 Å². The molecular formula is C23H25N3O4. The van der Waals surface area contributed by atoms with Gasteiger partial charge in [-0.15, -0.1) is 0 Å². The van der Waals surface area contributed by atoms with E-state index in [1.165, 1.54) is 0 Å². The van der Waals surface area contributed by atoms with E-state index in [0.717, 1.165) is 34.4 Å². The first kappa shape index (κ1) is 19.9. The zero-order chi connectivity index (χ0) is 21.5. The fourth-order valence-electron chi connectivity index (χ4n) is 4.30. The van der Waals surface area contributed by atoms with Crippen LogP contribution in [-0.4, -0.2) is 35.9 Å². The summed E-state index contributed by atoms with van der Waals surface area (Å²) in [6.07, 6.45) is 2.06. The van der Waals surface area contributed by atoms with E-state index in [0.29, 0.717) is 17.9 Å². The van der Waals surface area contributed by atoms with Crippen molar-refractivity contribution in [2.75, 3.05) is 12.4 Å². The first-order valence-corrected chi connectivity index (χ1v) is 10.1. The van der Waals surface area contributed by atoms with E-state index in [-0.39, 0.29) is 5.91 Å². The molecule has 0 bridgehead atoms. The summed E-state index contributed by atoms with van der Waals surface area (Å²) in [5, 5.41) is 5.67. The fourth-order valence-corrected chi connectivity index (χ4v) is 4.30. The molecule has 4 amide bonds. The summed E-state index contributed by atoms with van der Waals surface area (Å²) in [6, 6.07) is 11.4. The molecule has 156 valence electrons. The normalized spacial score (nSPS) is 21.2. The molecule has 2 aliphatic rings. The van der Waals surface area contributed by atoms with Gasteiger partial charge in [0.05, 0.1) is 7.11 Å². The third-order valence-corrected chi connectivity index (χ3v) is 5.98. The number of nitrogens with one attached hydrogen (secondary N) is 2. The molecule has 7 heteroatoms. The number of benzene rings is 2. The molecule has 1 heterocycles. The van der Waals surface area contributed by atoms with E-state index in [1.807, 2.05) is 31.2 Å². The lowest BCUT2D eigenvalue weighted by Crippen LogP contribution is -2.49. The highest BCUT2D eigenvalue weighted by atomic mass is 16.5. The molecule has 2 N–H and O–H groups in total. The van der Waals surface area contributed by atoms with Crippen molar-refractivity contribution >= 4 is 23.5 Å². The highest BCUT2D eigenvalue weighted by Gasteiger charge is 2.56. The Hall–Kier alpha value is -3.35. The topological polar surface area (TPSA) is 87.7 Å². The van der Waals surface area contributed by atoms with Crippen LogP contribution in [0, 0.1) is 6.92 Å². The molecule has 2 aromatic carbocycles. The number of nitrogens with zero attached hydrogens (tertiary/aromatic N) is 1. The Morgan fingerprint density at radius 1 is 1.20 bits per heavy atom.